The largest absolute Gasteiger partial charge is 0.497 e. The molecule has 0 aromatic heterocycles. The van der Waals surface area contributed by atoms with Crippen LogP contribution in [-0.2, 0) is 9.59 Å². The third kappa shape index (κ3) is 2.40. The summed E-state index contributed by atoms with van der Waals surface area (Å²) < 4.78 is 6.01. The predicted octanol–water partition coefficient (Wildman–Crippen LogP) is 2.16. The van der Waals surface area contributed by atoms with Crippen LogP contribution in [0.3, 0.4) is 0 Å². The molecule has 1 saturated heterocycles. The van der Waals surface area contributed by atoms with E-state index >= 15 is 0 Å². The molecule has 3 rings (SSSR count). The Balaban J connectivity index is 1.78. The van der Waals surface area contributed by atoms with Gasteiger partial charge in [-0.05, 0) is 40.9 Å². The average molecular weight is 339 g/mol. The summed E-state index contributed by atoms with van der Waals surface area (Å²) >= 11 is 3.43. The van der Waals surface area contributed by atoms with Gasteiger partial charge >= 0.3 is 0 Å². The van der Waals surface area contributed by atoms with Gasteiger partial charge in [-0.2, -0.15) is 0 Å². The molecule has 1 aromatic rings. The van der Waals surface area contributed by atoms with E-state index in [9.17, 15) is 9.59 Å². The first-order valence-electron chi connectivity index (χ1n) is 6.56. The minimum Gasteiger partial charge on any atom is -0.497 e. The predicted molar refractivity (Wildman–Crippen MR) is 77.6 cm³/mol. The zero-order valence-corrected chi connectivity index (χ0v) is 12.6. The van der Waals surface area contributed by atoms with Crippen molar-refractivity contribution in [1.29, 1.82) is 0 Å². The zero-order chi connectivity index (χ0) is 14.3. The molecule has 1 saturated carbocycles. The maximum atomic E-state index is 12.3. The Kier molecular flexibility index (Phi) is 3.41. The Bertz CT molecular complexity index is 572. The van der Waals surface area contributed by atoms with Gasteiger partial charge in [0.1, 0.15) is 11.8 Å². The van der Waals surface area contributed by atoms with E-state index in [4.69, 9.17) is 4.74 Å². The third-order valence-electron chi connectivity index (χ3n) is 3.60. The number of imide groups is 1. The van der Waals surface area contributed by atoms with Gasteiger partial charge < -0.3 is 10.1 Å². The molecule has 1 aliphatic carbocycles. The molecular formula is C14H15BrN2O3. The molecule has 1 unspecified atom stereocenters. The number of hydrogen-bond acceptors (Lipinski definition) is 4. The van der Waals surface area contributed by atoms with Crippen molar-refractivity contribution in [1.82, 2.24) is 4.90 Å². The molecule has 1 heterocycles. The summed E-state index contributed by atoms with van der Waals surface area (Å²) in [5.41, 5.74) is 0.758. The fraction of sp³-hybridized carbons (Fsp3) is 0.429. The lowest BCUT2D eigenvalue weighted by molar-refractivity contribution is -0.139. The molecule has 0 radical (unpaired) electrons. The van der Waals surface area contributed by atoms with Crippen molar-refractivity contribution in [2.24, 2.45) is 0 Å². The van der Waals surface area contributed by atoms with Crippen molar-refractivity contribution in [3.63, 3.8) is 0 Å². The summed E-state index contributed by atoms with van der Waals surface area (Å²) in [5, 5.41) is 3.14. The Hall–Kier alpha value is -1.56. The number of hydrogen-bond donors (Lipinski definition) is 1. The van der Waals surface area contributed by atoms with Gasteiger partial charge in [0.25, 0.3) is 5.91 Å². The molecule has 1 N–H and O–H groups in total. The highest BCUT2D eigenvalue weighted by Crippen LogP contribution is 2.34. The highest BCUT2D eigenvalue weighted by atomic mass is 79.9. The van der Waals surface area contributed by atoms with Gasteiger partial charge in [0.2, 0.25) is 5.91 Å². The Labute approximate surface area is 125 Å². The van der Waals surface area contributed by atoms with E-state index in [1.807, 2.05) is 18.2 Å². The SMILES string of the molecule is COc1ccc(Br)c(NC2CC(=O)N(C3CC3)C2=O)c1. The number of halogens is 1. The van der Waals surface area contributed by atoms with Crippen LogP contribution in [0.25, 0.3) is 0 Å². The first kappa shape index (κ1) is 13.4. The lowest BCUT2D eigenvalue weighted by Crippen LogP contribution is -2.36. The monoisotopic (exact) mass is 338 g/mol. The number of nitrogens with zero attached hydrogens (tertiary/aromatic N) is 1. The summed E-state index contributed by atoms with van der Waals surface area (Å²) in [6.07, 6.45) is 2.10. The summed E-state index contributed by atoms with van der Waals surface area (Å²) in [5.74, 6) is 0.507. The fourth-order valence-corrected chi connectivity index (χ4v) is 2.77. The second-order valence-corrected chi connectivity index (χ2v) is 5.93. The number of carbonyl (C=O) groups excluding carboxylic acids is 2. The number of anilines is 1. The summed E-state index contributed by atoms with van der Waals surface area (Å²) in [6, 6.07) is 5.14. The van der Waals surface area contributed by atoms with E-state index in [1.165, 1.54) is 4.90 Å². The summed E-state index contributed by atoms with van der Waals surface area (Å²) in [4.78, 5) is 25.6. The molecule has 20 heavy (non-hydrogen) atoms. The van der Waals surface area contributed by atoms with Crippen molar-refractivity contribution in [2.45, 2.75) is 31.3 Å². The number of nitrogens with one attached hydrogen (secondary N) is 1. The molecule has 1 atom stereocenters. The van der Waals surface area contributed by atoms with Gasteiger partial charge in [-0.25, -0.2) is 0 Å². The van der Waals surface area contributed by atoms with Crippen LogP contribution in [0.1, 0.15) is 19.3 Å². The second-order valence-electron chi connectivity index (χ2n) is 5.08. The number of amides is 2. The van der Waals surface area contributed by atoms with Crippen molar-refractivity contribution < 1.29 is 14.3 Å². The van der Waals surface area contributed by atoms with Gasteiger partial charge in [0, 0.05) is 16.6 Å². The van der Waals surface area contributed by atoms with Crippen LogP contribution in [0.5, 0.6) is 5.75 Å². The molecule has 2 fully saturated rings. The molecule has 0 spiro atoms. The number of carbonyl (C=O) groups is 2. The van der Waals surface area contributed by atoms with Crippen molar-refractivity contribution in [2.75, 3.05) is 12.4 Å². The van der Waals surface area contributed by atoms with Gasteiger partial charge in [0.15, 0.2) is 0 Å². The van der Waals surface area contributed by atoms with Crippen molar-refractivity contribution >= 4 is 33.4 Å². The van der Waals surface area contributed by atoms with Gasteiger partial charge in [-0.15, -0.1) is 0 Å². The van der Waals surface area contributed by atoms with Crippen LogP contribution in [-0.4, -0.2) is 35.9 Å². The van der Waals surface area contributed by atoms with Crippen LogP contribution >= 0.6 is 15.9 Å². The van der Waals surface area contributed by atoms with E-state index in [0.29, 0.717) is 5.75 Å². The average Bonchev–Trinajstić information content (AvgIpc) is 3.21. The maximum absolute atomic E-state index is 12.3. The molecule has 6 heteroatoms. The minimum atomic E-state index is -0.480. The molecule has 2 aliphatic rings. The first-order valence-corrected chi connectivity index (χ1v) is 7.35. The number of likely N-dealkylation sites (tertiary alicyclic amines) is 1. The summed E-state index contributed by atoms with van der Waals surface area (Å²) in [6.45, 7) is 0. The van der Waals surface area contributed by atoms with E-state index in [-0.39, 0.29) is 24.3 Å². The van der Waals surface area contributed by atoms with Crippen LogP contribution in [0.4, 0.5) is 5.69 Å². The smallest absolute Gasteiger partial charge is 0.252 e. The highest BCUT2D eigenvalue weighted by Gasteiger charge is 2.46. The number of methoxy groups -OCH3 is 1. The first-order chi connectivity index (χ1) is 9.60. The molecule has 5 nitrogen and oxygen atoms in total. The van der Waals surface area contributed by atoms with Crippen LogP contribution in [0.2, 0.25) is 0 Å². The molecule has 106 valence electrons. The molecule has 1 aliphatic heterocycles. The van der Waals surface area contributed by atoms with Gasteiger partial charge in [-0.1, -0.05) is 0 Å². The fourth-order valence-electron chi connectivity index (χ4n) is 2.41. The lowest BCUT2D eigenvalue weighted by atomic mass is 10.2. The highest BCUT2D eigenvalue weighted by molar-refractivity contribution is 9.10. The number of benzene rings is 1. The molecule has 2 amide bonds. The van der Waals surface area contributed by atoms with Crippen LogP contribution in [0, 0.1) is 0 Å². The van der Waals surface area contributed by atoms with Crippen LogP contribution in [0.15, 0.2) is 22.7 Å². The topological polar surface area (TPSA) is 58.6 Å². The Morgan fingerprint density at radius 3 is 2.75 bits per heavy atom. The van der Waals surface area contributed by atoms with E-state index < -0.39 is 6.04 Å². The van der Waals surface area contributed by atoms with E-state index in [1.54, 1.807) is 7.11 Å². The second kappa shape index (κ2) is 5.09. The van der Waals surface area contributed by atoms with E-state index in [2.05, 4.69) is 21.2 Å². The number of ether oxygens (including phenoxy) is 1. The van der Waals surface area contributed by atoms with Gasteiger partial charge in [0.05, 0.1) is 19.2 Å². The zero-order valence-electron chi connectivity index (χ0n) is 11.1. The standard InChI is InChI=1S/C14H15BrN2O3/c1-20-9-4-5-10(15)11(6-9)16-12-7-13(18)17(14(12)19)8-2-3-8/h4-6,8,12,16H,2-3,7H2,1H3. The van der Waals surface area contributed by atoms with Crippen molar-refractivity contribution in [3.05, 3.63) is 22.7 Å². The molecule has 1 aromatic carbocycles. The number of rotatable bonds is 4. The quantitative estimate of drug-likeness (QED) is 0.854. The molecule has 0 bridgehead atoms. The summed E-state index contributed by atoms with van der Waals surface area (Å²) in [7, 11) is 1.59. The minimum absolute atomic E-state index is 0.0750. The Morgan fingerprint density at radius 1 is 1.35 bits per heavy atom. The van der Waals surface area contributed by atoms with Crippen molar-refractivity contribution in [3.8, 4) is 5.75 Å². The maximum Gasteiger partial charge on any atom is 0.252 e. The third-order valence-corrected chi connectivity index (χ3v) is 4.29. The normalized spacial score (nSPS) is 22.3. The van der Waals surface area contributed by atoms with Gasteiger partial charge in [-0.3, -0.25) is 14.5 Å². The molecular weight excluding hydrogens is 324 g/mol. The van der Waals surface area contributed by atoms with E-state index in [0.717, 1.165) is 23.0 Å². The van der Waals surface area contributed by atoms with Crippen LogP contribution < -0.4 is 10.1 Å². The Morgan fingerprint density at radius 2 is 2.10 bits per heavy atom. The lowest BCUT2D eigenvalue weighted by Gasteiger charge is -2.16.